The molecular formula is C14H13BrFNO2S. The Morgan fingerprint density at radius 3 is 2.55 bits per heavy atom. The lowest BCUT2D eigenvalue weighted by Crippen LogP contribution is -2.10. The SMILES string of the molecule is Nc1ccc(S(=O)CCOc2ccc(Br)cc2)c(F)c1. The first-order valence-electron chi connectivity index (χ1n) is 5.88. The fourth-order valence-electron chi connectivity index (χ4n) is 1.58. The van der Waals surface area contributed by atoms with Crippen molar-refractivity contribution in [3.8, 4) is 5.75 Å². The smallest absolute Gasteiger partial charge is 0.141 e. The van der Waals surface area contributed by atoms with Crippen LogP contribution in [0.4, 0.5) is 10.1 Å². The van der Waals surface area contributed by atoms with Crippen molar-refractivity contribution < 1.29 is 13.3 Å². The zero-order chi connectivity index (χ0) is 14.5. The predicted octanol–water partition coefficient (Wildman–Crippen LogP) is 3.36. The van der Waals surface area contributed by atoms with Crippen molar-refractivity contribution in [3.63, 3.8) is 0 Å². The van der Waals surface area contributed by atoms with Crippen molar-refractivity contribution in [1.82, 2.24) is 0 Å². The third-order valence-corrected chi connectivity index (χ3v) is 4.44. The number of ether oxygens (including phenoxy) is 1. The van der Waals surface area contributed by atoms with Gasteiger partial charge in [0.05, 0.1) is 21.4 Å². The minimum absolute atomic E-state index is 0.151. The monoisotopic (exact) mass is 357 g/mol. The molecule has 6 heteroatoms. The Bertz CT molecular complexity index is 619. The van der Waals surface area contributed by atoms with Gasteiger partial charge in [-0.2, -0.15) is 0 Å². The second kappa shape index (κ2) is 6.85. The summed E-state index contributed by atoms with van der Waals surface area (Å²) in [5.41, 5.74) is 5.76. The van der Waals surface area contributed by atoms with Gasteiger partial charge in [-0.3, -0.25) is 4.21 Å². The summed E-state index contributed by atoms with van der Waals surface area (Å²) in [6.07, 6.45) is 0. The third-order valence-electron chi connectivity index (χ3n) is 2.55. The molecule has 0 spiro atoms. The zero-order valence-electron chi connectivity index (χ0n) is 10.5. The van der Waals surface area contributed by atoms with Crippen LogP contribution >= 0.6 is 15.9 Å². The largest absolute Gasteiger partial charge is 0.493 e. The van der Waals surface area contributed by atoms with E-state index >= 15 is 0 Å². The maximum atomic E-state index is 13.6. The first-order valence-corrected chi connectivity index (χ1v) is 7.99. The molecule has 0 fully saturated rings. The minimum atomic E-state index is -1.45. The van der Waals surface area contributed by atoms with Gasteiger partial charge in [-0.05, 0) is 42.5 Å². The van der Waals surface area contributed by atoms with E-state index in [0.717, 1.165) is 4.47 Å². The number of benzene rings is 2. The molecule has 0 aromatic heterocycles. The predicted molar refractivity (Wildman–Crippen MR) is 81.7 cm³/mol. The zero-order valence-corrected chi connectivity index (χ0v) is 12.9. The normalized spacial score (nSPS) is 12.1. The van der Waals surface area contributed by atoms with Gasteiger partial charge in [0.15, 0.2) is 0 Å². The Labute approximate surface area is 127 Å². The van der Waals surface area contributed by atoms with Gasteiger partial charge in [0.2, 0.25) is 0 Å². The summed E-state index contributed by atoms with van der Waals surface area (Å²) >= 11 is 3.33. The molecule has 0 saturated carbocycles. The van der Waals surface area contributed by atoms with Crippen LogP contribution < -0.4 is 10.5 Å². The molecule has 0 aliphatic carbocycles. The van der Waals surface area contributed by atoms with Crippen LogP contribution in [-0.4, -0.2) is 16.6 Å². The summed E-state index contributed by atoms with van der Waals surface area (Å²) in [6.45, 7) is 0.248. The molecule has 2 aromatic carbocycles. The fourth-order valence-corrected chi connectivity index (χ4v) is 2.79. The summed E-state index contributed by atoms with van der Waals surface area (Å²) in [4.78, 5) is 0.151. The first kappa shape index (κ1) is 15.0. The molecule has 0 aliphatic heterocycles. The van der Waals surface area contributed by atoms with Gasteiger partial charge >= 0.3 is 0 Å². The van der Waals surface area contributed by atoms with Crippen molar-refractivity contribution in [3.05, 3.63) is 52.8 Å². The molecule has 2 N–H and O–H groups in total. The highest BCUT2D eigenvalue weighted by Gasteiger charge is 2.10. The van der Waals surface area contributed by atoms with Gasteiger partial charge < -0.3 is 10.5 Å². The summed E-state index contributed by atoms with van der Waals surface area (Å²) in [7, 11) is -1.45. The lowest BCUT2D eigenvalue weighted by atomic mass is 10.3. The van der Waals surface area contributed by atoms with Crippen LogP contribution in [-0.2, 0) is 10.8 Å². The molecule has 2 rings (SSSR count). The molecule has 20 heavy (non-hydrogen) atoms. The average Bonchev–Trinajstić information content (AvgIpc) is 2.41. The van der Waals surface area contributed by atoms with E-state index in [9.17, 15) is 8.60 Å². The maximum Gasteiger partial charge on any atom is 0.141 e. The van der Waals surface area contributed by atoms with E-state index in [-0.39, 0.29) is 17.3 Å². The molecule has 0 aliphatic rings. The average molecular weight is 358 g/mol. The molecule has 0 radical (unpaired) electrons. The van der Waals surface area contributed by atoms with Crippen molar-refractivity contribution in [1.29, 1.82) is 0 Å². The van der Waals surface area contributed by atoms with Gasteiger partial charge in [0.1, 0.15) is 18.2 Å². The number of nitrogens with two attached hydrogens (primary N) is 1. The van der Waals surface area contributed by atoms with Crippen molar-refractivity contribution in [2.24, 2.45) is 0 Å². The number of hydrogen-bond donors (Lipinski definition) is 1. The number of rotatable bonds is 5. The molecular weight excluding hydrogens is 345 g/mol. The van der Waals surface area contributed by atoms with Gasteiger partial charge in [-0.25, -0.2) is 4.39 Å². The van der Waals surface area contributed by atoms with E-state index in [0.29, 0.717) is 11.4 Å². The number of hydrogen-bond acceptors (Lipinski definition) is 3. The van der Waals surface area contributed by atoms with Crippen molar-refractivity contribution in [2.45, 2.75) is 4.90 Å². The van der Waals surface area contributed by atoms with Crippen molar-refractivity contribution >= 4 is 32.4 Å². The third kappa shape index (κ3) is 4.05. The first-order chi connectivity index (χ1) is 9.56. The van der Waals surface area contributed by atoms with Crippen LogP contribution in [0.25, 0.3) is 0 Å². The van der Waals surface area contributed by atoms with Crippen LogP contribution in [0.3, 0.4) is 0 Å². The van der Waals surface area contributed by atoms with Gasteiger partial charge in [0.25, 0.3) is 0 Å². The summed E-state index contributed by atoms with van der Waals surface area (Å²) in [5.74, 6) is 0.353. The molecule has 0 amide bonds. The molecule has 0 heterocycles. The standard InChI is InChI=1S/C14H13BrFNO2S/c15-10-1-4-12(5-2-10)19-7-8-20(18)14-6-3-11(17)9-13(14)16/h1-6,9H,7-8,17H2. The van der Waals surface area contributed by atoms with E-state index in [4.69, 9.17) is 10.5 Å². The van der Waals surface area contributed by atoms with E-state index in [1.54, 1.807) is 12.1 Å². The van der Waals surface area contributed by atoms with E-state index in [1.165, 1.54) is 18.2 Å². The van der Waals surface area contributed by atoms with Crippen LogP contribution in [0.15, 0.2) is 51.8 Å². The van der Waals surface area contributed by atoms with Gasteiger partial charge in [0, 0.05) is 10.2 Å². The summed E-state index contributed by atoms with van der Waals surface area (Å²) in [5, 5.41) is 0. The maximum absolute atomic E-state index is 13.6. The van der Waals surface area contributed by atoms with Gasteiger partial charge in [-0.1, -0.05) is 15.9 Å². The molecule has 0 saturated heterocycles. The Hall–Kier alpha value is -1.40. The Morgan fingerprint density at radius 2 is 1.90 bits per heavy atom. The number of halogens is 2. The lowest BCUT2D eigenvalue weighted by molar-refractivity contribution is 0.342. The quantitative estimate of drug-likeness (QED) is 0.834. The van der Waals surface area contributed by atoms with E-state index in [1.807, 2.05) is 12.1 Å². The highest BCUT2D eigenvalue weighted by atomic mass is 79.9. The Morgan fingerprint density at radius 1 is 1.20 bits per heavy atom. The molecule has 1 atom stereocenters. The van der Waals surface area contributed by atoms with Crippen LogP contribution in [0.2, 0.25) is 0 Å². The van der Waals surface area contributed by atoms with Crippen LogP contribution in [0, 0.1) is 5.82 Å². The van der Waals surface area contributed by atoms with Gasteiger partial charge in [-0.15, -0.1) is 0 Å². The number of anilines is 1. The van der Waals surface area contributed by atoms with Crippen molar-refractivity contribution in [2.75, 3.05) is 18.1 Å². The molecule has 106 valence electrons. The second-order valence-electron chi connectivity index (χ2n) is 4.04. The van der Waals surface area contributed by atoms with Crippen LogP contribution in [0.1, 0.15) is 0 Å². The molecule has 3 nitrogen and oxygen atoms in total. The molecule has 2 aromatic rings. The highest BCUT2D eigenvalue weighted by molar-refractivity contribution is 9.10. The second-order valence-corrected chi connectivity index (χ2v) is 6.50. The molecule has 0 bridgehead atoms. The molecule has 1 unspecified atom stereocenters. The minimum Gasteiger partial charge on any atom is -0.493 e. The Balaban J connectivity index is 1.90. The van der Waals surface area contributed by atoms with E-state index < -0.39 is 16.6 Å². The highest BCUT2D eigenvalue weighted by Crippen LogP contribution is 2.18. The lowest BCUT2D eigenvalue weighted by Gasteiger charge is -2.07. The Kier molecular flexibility index (Phi) is 5.14. The number of nitrogen functional groups attached to an aromatic ring is 1. The summed E-state index contributed by atoms with van der Waals surface area (Å²) in [6, 6.07) is 11.5. The fraction of sp³-hybridized carbons (Fsp3) is 0.143. The van der Waals surface area contributed by atoms with E-state index in [2.05, 4.69) is 15.9 Å². The summed E-state index contributed by atoms with van der Waals surface area (Å²) < 4.78 is 32.0. The van der Waals surface area contributed by atoms with Crippen LogP contribution in [0.5, 0.6) is 5.75 Å². The topological polar surface area (TPSA) is 52.3 Å².